The highest BCUT2D eigenvalue weighted by molar-refractivity contribution is 7.90. The zero-order valence-corrected chi connectivity index (χ0v) is 9.88. The van der Waals surface area contributed by atoms with E-state index in [9.17, 15) is 21.4 Å². The van der Waals surface area contributed by atoms with Gasteiger partial charge in [-0.25, -0.2) is 8.42 Å². The summed E-state index contributed by atoms with van der Waals surface area (Å²) in [5.74, 6) is 0.0512. The van der Waals surface area contributed by atoms with Crippen molar-refractivity contribution in [3.63, 3.8) is 0 Å². The standard InChI is InChI=1S/C9H11BF3O3S/c1-17(14,15)7-6-16-9-4-2-8(3-5-9)10(11,12)13/h2-5H,6-7H2,1H3/q-1. The monoisotopic (exact) mass is 267 g/mol. The van der Waals surface area contributed by atoms with Gasteiger partial charge in [-0.1, -0.05) is 12.1 Å². The van der Waals surface area contributed by atoms with E-state index >= 15 is 0 Å². The van der Waals surface area contributed by atoms with Gasteiger partial charge in [-0.3, -0.25) is 0 Å². The van der Waals surface area contributed by atoms with E-state index in [0.29, 0.717) is 0 Å². The van der Waals surface area contributed by atoms with E-state index in [-0.39, 0.29) is 18.1 Å². The molecule has 0 amide bonds. The molecule has 17 heavy (non-hydrogen) atoms. The van der Waals surface area contributed by atoms with Crippen molar-refractivity contribution in [3.05, 3.63) is 24.3 Å². The highest BCUT2D eigenvalue weighted by atomic mass is 32.2. The van der Waals surface area contributed by atoms with Crippen LogP contribution in [-0.2, 0) is 9.84 Å². The molecule has 0 aliphatic rings. The Balaban J connectivity index is 2.58. The topological polar surface area (TPSA) is 43.4 Å². The summed E-state index contributed by atoms with van der Waals surface area (Å²) in [6.07, 6.45) is 1.06. The smallest absolute Gasteiger partial charge is 0.493 e. The van der Waals surface area contributed by atoms with Gasteiger partial charge in [0.25, 0.3) is 0 Å². The van der Waals surface area contributed by atoms with Crippen molar-refractivity contribution in [1.29, 1.82) is 0 Å². The highest BCUT2D eigenvalue weighted by Crippen LogP contribution is 2.13. The zero-order chi connectivity index (χ0) is 13.1. The third kappa shape index (κ3) is 5.12. The maximum absolute atomic E-state index is 12.3. The molecule has 0 saturated heterocycles. The molecule has 1 rings (SSSR count). The van der Waals surface area contributed by atoms with Crippen LogP contribution in [-0.4, -0.2) is 34.0 Å². The predicted octanol–water partition coefficient (Wildman–Crippen LogP) is 1.16. The van der Waals surface area contributed by atoms with Crippen LogP contribution in [0.15, 0.2) is 24.3 Å². The lowest BCUT2D eigenvalue weighted by Gasteiger charge is -2.15. The molecule has 0 atom stereocenters. The fraction of sp³-hybridized carbons (Fsp3) is 0.333. The molecule has 0 heterocycles. The summed E-state index contributed by atoms with van der Waals surface area (Å²) in [6, 6.07) is 4.17. The number of halogens is 3. The average Bonchev–Trinajstić information content (AvgIpc) is 2.15. The first kappa shape index (κ1) is 13.9. The summed E-state index contributed by atoms with van der Waals surface area (Å²) in [4.78, 5) is 0. The lowest BCUT2D eigenvalue weighted by atomic mass is 9.80. The Morgan fingerprint density at radius 2 is 1.71 bits per heavy atom. The van der Waals surface area contributed by atoms with Crippen LogP contribution in [0.2, 0.25) is 0 Å². The Kier molecular flexibility index (Phi) is 4.08. The Labute approximate surface area is 97.6 Å². The van der Waals surface area contributed by atoms with E-state index in [1.54, 1.807) is 0 Å². The molecule has 0 bridgehead atoms. The Morgan fingerprint density at radius 1 is 1.18 bits per heavy atom. The molecule has 1 aromatic carbocycles. The Morgan fingerprint density at radius 3 is 2.12 bits per heavy atom. The minimum Gasteiger partial charge on any atom is -0.493 e. The second kappa shape index (κ2) is 4.99. The fourth-order valence-corrected chi connectivity index (χ4v) is 1.48. The third-order valence-corrected chi connectivity index (χ3v) is 2.89. The van der Waals surface area contributed by atoms with Gasteiger partial charge in [0.15, 0.2) is 9.84 Å². The fourth-order valence-electron chi connectivity index (χ4n) is 1.09. The van der Waals surface area contributed by atoms with Gasteiger partial charge >= 0.3 is 6.98 Å². The molecule has 96 valence electrons. The molecule has 0 unspecified atom stereocenters. The summed E-state index contributed by atoms with van der Waals surface area (Å²) in [5.41, 5.74) is -0.708. The molecule has 0 aliphatic carbocycles. The van der Waals surface area contributed by atoms with Gasteiger partial charge in [0.1, 0.15) is 12.4 Å². The van der Waals surface area contributed by atoms with Crippen LogP contribution in [0.3, 0.4) is 0 Å². The first-order valence-corrected chi connectivity index (χ1v) is 6.85. The first-order valence-electron chi connectivity index (χ1n) is 4.79. The molecule has 0 fully saturated rings. The third-order valence-electron chi connectivity index (χ3n) is 1.98. The van der Waals surface area contributed by atoms with Gasteiger partial charge in [-0.2, -0.15) is 0 Å². The molecule has 0 radical (unpaired) electrons. The van der Waals surface area contributed by atoms with E-state index in [2.05, 4.69) is 0 Å². The van der Waals surface area contributed by atoms with E-state index in [4.69, 9.17) is 4.74 Å². The minimum atomic E-state index is -5.01. The molecule has 0 aliphatic heterocycles. The van der Waals surface area contributed by atoms with Crippen molar-refractivity contribution in [2.45, 2.75) is 0 Å². The second-order valence-corrected chi connectivity index (χ2v) is 5.88. The number of ether oxygens (including phenoxy) is 1. The summed E-state index contributed by atoms with van der Waals surface area (Å²) in [6.45, 7) is -5.08. The Bertz CT molecular complexity index is 467. The maximum atomic E-state index is 12.3. The number of benzene rings is 1. The minimum absolute atomic E-state index is 0.0741. The molecule has 0 aromatic heterocycles. The van der Waals surface area contributed by atoms with Crippen molar-refractivity contribution in [2.75, 3.05) is 18.6 Å². The predicted molar refractivity (Wildman–Crippen MR) is 60.4 cm³/mol. The van der Waals surface area contributed by atoms with E-state index in [1.807, 2.05) is 0 Å². The summed E-state index contributed by atoms with van der Waals surface area (Å²) in [5, 5.41) is 0. The number of sulfone groups is 1. The van der Waals surface area contributed by atoms with Gasteiger partial charge in [0, 0.05) is 6.26 Å². The van der Waals surface area contributed by atoms with Crippen LogP contribution in [0.5, 0.6) is 5.75 Å². The second-order valence-electron chi connectivity index (χ2n) is 3.62. The summed E-state index contributed by atoms with van der Waals surface area (Å²) in [7, 11) is -3.13. The molecule has 3 nitrogen and oxygen atoms in total. The Hall–Kier alpha value is -1.18. The summed E-state index contributed by atoms with van der Waals surface area (Å²) >= 11 is 0. The van der Waals surface area contributed by atoms with Gasteiger partial charge in [-0.05, 0) is 12.1 Å². The van der Waals surface area contributed by atoms with Gasteiger partial charge in [-0.15, -0.1) is 5.46 Å². The molecule has 0 N–H and O–H groups in total. The maximum Gasteiger partial charge on any atom is 0.509 e. The largest absolute Gasteiger partial charge is 0.509 e. The molecular formula is C9H11BF3O3S-. The number of hydrogen-bond donors (Lipinski definition) is 0. The molecular weight excluding hydrogens is 256 g/mol. The average molecular weight is 267 g/mol. The van der Waals surface area contributed by atoms with E-state index < -0.39 is 22.3 Å². The van der Waals surface area contributed by atoms with Crippen LogP contribution in [0.4, 0.5) is 12.9 Å². The van der Waals surface area contributed by atoms with E-state index in [1.165, 1.54) is 12.1 Å². The highest BCUT2D eigenvalue weighted by Gasteiger charge is 2.24. The van der Waals surface area contributed by atoms with Crippen LogP contribution in [0, 0.1) is 0 Å². The lowest BCUT2D eigenvalue weighted by Crippen LogP contribution is -2.33. The molecule has 1 aromatic rings. The van der Waals surface area contributed by atoms with Crippen molar-refractivity contribution >= 4 is 22.3 Å². The van der Waals surface area contributed by atoms with E-state index in [0.717, 1.165) is 18.4 Å². The van der Waals surface area contributed by atoms with Crippen molar-refractivity contribution in [1.82, 2.24) is 0 Å². The van der Waals surface area contributed by atoms with Crippen LogP contribution in [0.25, 0.3) is 0 Å². The zero-order valence-electron chi connectivity index (χ0n) is 9.07. The van der Waals surface area contributed by atoms with Crippen LogP contribution >= 0.6 is 0 Å². The van der Waals surface area contributed by atoms with Crippen LogP contribution in [0.1, 0.15) is 0 Å². The van der Waals surface area contributed by atoms with Crippen molar-refractivity contribution in [3.8, 4) is 5.75 Å². The van der Waals surface area contributed by atoms with Gasteiger partial charge < -0.3 is 17.7 Å². The van der Waals surface area contributed by atoms with Gasteiger partial charge in [0.2, 0.25) is 0 Å². The normalized spacial score (nSPS) is 12.5. The first-order chi connectivity index (χ1) is 7.68. The lowest BCUT2D eigenvalue weighted by molar-refractivity contribution is 0.341. The number of hydrogen-bond acceptors (Lipinski definition) is 3. The quantitative estimate of drug-likeness (QED) is 0.752. The van der Waals surface area contributed by atoms with Crippen molar-refractivity contribution in [2.24, 2.45) is 0 Å². The molecule has 0 spiro atoms. The van der Waals surface area contributed by atoms with Crippen LogP contribution < -0.4 is 10.2 Å². The number of rotatable bonds is 5. The summed E-state index contributed by atoms with van der Waals surface area (Å²) < 4.78 is 63.4. The SMILES string of the molecule is CS(=O)(=O)CCOc1ccc([B-](F)(F)F)cc1. The molecule has 0 saturated carbocycles. The van der Waals surface area contributed by atoms with Crippen molar-refractivity contribution < 1.29 is 26.1 Å². The molecule has 8 heteroatoms. The van der Waals surface area contributed by atoms with Gasteiger partial charge in [0.05, 0.1) is 5.75 Å².